The lowest BCUT2D eigenvalue weighted by Crippen LogP contribution is -2.75. The monoisotopic (exact) mass is 1600 g/mol. The molecule has 0 heterocycles. The highest BCUT2D eigenvalue weighted by atomic mass is 19.5. The van der Waals surface area contributed by atoms with Crippen LogP contribution in [0.4, 0.5) is 263 Å². The van der Waals surface area contributed by atoms with E-state index in [0.717, 1.165) is 0 Å². The zero-order valence-corrected chi connectivity index (χ0v) is 42.9. The van der Waals surface area contributed by atoms with Crippen molar-refractivity contribution in [3.8, 4) is 0 Å². The van der Waals surface area contributed by atoms with Crippen molar-refractivity contribution < 1.29 is 263 Å². The van der Waals surface area contributed by atoms with Crippen molar-refractivity contribution >= 4 is 6.15 Å². The second kappa shape index (κ2) is 24.0. The Morgan fingerprint density at radius 3 is 0.299 bits per heavy atom. The molecule has 0 spiro atoms. The zero-order valence-electron chi connectivity index (χ0n) is 42.9. The van der Waals surface area contributed by atoms with Gasteiger partial charge < -0.3 is 0 Å². The van der Waals surface area contributed by atoms with Gasteiger partial charge in [0.2, 0.25) is 0 Å². The van der Waals surface area contributed by atoms with Crippen LogP contribution in [-0.2, 0) is 0 Å². The zero-order chi connectivity index (χ0) is 80.2. The Labute approximate surface area is 488 Å². The van der Waals surface area contributed by atoms with Crippen LogP contribution in [0.15, 0.2) is 0 Å². The van der Waals surface area contributed by atoms with Crippen LogP contribution in [0.5, 0.6) is 0 Å². The van der Waals surface area contributed by atoms with E-state index in [1.54, 1.807) is 0 Å². The second-order valence-corrected chi connectivity index (χ2v) is 20.2. The topological polar surface area (TPSA) is 0 Å². The van der Waals surface area contributed by atoms with Crippen LogP contribution in [0, 0.1) is 0 Å². The minimum Gasteiger partial charge on any atom is -0.216 e. The number of rotatable bonds is 28. The molecule has 0 rings (SSSR count). The maximum atomic E-state index is 15.3. The molecule has 0 atom stereocenters. The van der Waals surface area contributed by atoms with Gasteiger partial charge in [0, 0.05) is 6.15 Å². The third kappa shape index (κ3) is 12.9. The fraction of sp³-hybridized carbons (Fsp3) is 1.00. The molecule has 0 aliphatic rings. The van der Waals surface area contributed by atoms with Crippen LogP contribution in [0.3, 0.4) is 0 Å². The van der Waals surface area contributed by atoms with Gasteiger partial charge in [0.25, 0.3) is 0 Å². The van der Waals surface area contributed by atoms with E-state index in [4.69, 9.17) is 0 Å². The summed E-state index contributed by atoms with van der Waals surface area (Å²) < 4.78 is 842. The van der Waals surface area contributed by atoms with E-state index in [1.807, 2.05) is 0 Å². The van der Waals surface area contributed by atoms with E-state index in [9.17, 15) is 228 Å². The van der Waals surface area contributed by atoms with Gasteiger partial charge in [0.1, 0.15) is 0 Å². The maximum absolute atomic E-state index is 15.3. The molecule has 0 aliphatic heterocycles. The number of hydrogen-bond acceptors (Lipinski definition) is 0. The first-order valence-corrected chi connectivity index (χ1v) is 22.4. The van der Waals surface area contributed by atoms with Gasteiger partial charge in [-0.05, 0) is 25.7 Å². The van der Waals surface area contributed by atoms with Crippen LogP contribution < -0.4 is 0 Å². The van der Waals surface area contributed by atoms with Gasteiger partial charge in [-0.15, -0.1) is 0 Å². The predicted molar refractivity (Wildman–Crippen MR) is 186 cm³/mol. The maximum Gasteiger partial charge on any atom is 0.438 e. The third-order valence-corrected chi connectivity index (χ3v) is 14.1. The molecular weight excluding hydrogens is 1580 g/mol. The Bertz CT molecular complexity index is 2260. The molecule has 0 unspecified atom stereocenters. The first-order valence-electron chi connectivity index (χ1n) is 22.4. The van der Waals surface area contributed by atoms with Crippen LogP contribution >= 0.6 is 0 Å². The quantitative estimate of drug-likeness (QED) is 0.0541. The highest BCUT2D eigenvalue weighted by Crippen LogP contribution is 2.70. The summed E-state index contributed by atoms with van der Waals surface area (Å²) in [6.07, 6.45) is -122. The van der Waals surface area contributed by atoms with Crippen molar-refractivity contribution in [3.63, 3.8) is 0 Å². The minimum absolute atomic E-state index is 4.87. The molecule has 0 nitrogen and oxygen atoms in total. The van der Waals surface area contributed by atoms with Crippen molar-refractivity contribution in [1.82, 2.24) is 0 Å². The molecule has 0 amide bonds. The lowest BCUT2D eigenvalue weighted by Gasteiger charge is -2.48. The largest absolute Gasteiger partial charge is 0.438 e. The van der Waals surface area contributed by atoms with Crippen LogP contribution in [0.2, 0.25) is 25.3 Å². The molecule has 0 saturated carbocycles. The summed E-state index contributed by atoms with van der Waals surface area (Å²) in [4.78, 5) is 0. The number of halogens is 60. The van der Waals surface area contributed by atoms with E-state index in [1.165, 1.54) is 0 Å². The number of alkyl halides is 60. The van der Waals surface area contributed by atoms with Crippen molar-refractivity contribution in [2.75, 3.05) is 0 Å². The summed E-state index contributed by atoms with van der Waals surface area (Å²) in [6, 6.07) is 0. The van der Waals surface area contributed by atoms with Gasteiger partial charge in [-0.2, -0.15) is 271 Å². The molecule has 0 fully saturated rings. The van der Waals surface area contributed by atoms with Gasteiger partial charge >= 0.3 is 167 Å². The average Bonchev–Trinajstić information content (AvgIpc) is 0.715. The highest BCUT2D eigenvalue weighted by Gasteiger charge is 3.00. The molecule has 0 aromatic heterocycles. The summed E-state index contributed by atoms with van der Waals surface area (Å²) in [5.41, 5.74) is -38.5. The standard InChI is InChI=1S/C36H16BF60/c38-9(39,17(50,51)25(66,67)21(58,59)13(46,29(74,75)76)30(77,78)79)1-5-37(6-2-10(40,41)18(52,53)26(68,69)22(60,61)14(47,31(80,81)82)32(83,84)85,7-3-11(42,43)19(54,55)27(70,71)23(62,63)15(48,33(86,87)88)34(89,90)91)8-4-12(44,45)20(56,57)28(72,73)24(64,65)16(49,35(92,93)94)36(95,96)97/h1-8H2/q-1. The van der Waals surface area contributed by atoms with Crippen LogP contribution in [0.1, 0.15) is 25.7 Å². The average molecular weight is 1600 g/mol. The Balaban J connectivity index is 9.99. The molecule has 0 aromatic carbocycles. The van der Waals surface area contributed by atoms with Crippen LogP contribution in [0.25, 0.3) is 0 Å². The summed E-state index contributed by atoms with van der Waals surface area (Å²) in [7, 11) is 0. The molecular formula is C36H16BF60-. The fourth-order valence-electron chi connectivity index (χ4n) is 8.08. The van der Waals surface area contributed by atoms with E-state index < -0.39 is 224 Å². The highest BCUT2D eigenvalue weighted by molar-refractivity contribution is 6.80. The lowest BCUT2D eigenvalue weighted by molar-refractivity contribution is -0.457. The van der Waals surface area contributed by atoms with Crippen molar-refractivity contribution in [2.45, 2.75) is 218 Å². The molecule has 0 aliphatic carbocycles. The van der Waals surface area contributed by atoms with Gasteiger partial charge in [0.05, 0.1) is 0 Å². The normalized spacial score (nSPS) is 17.2. The predicted octanol–water partition coefficient (Wildman–Crippen LogP) is 22.5. The van der Waals surface area contributed by atoms with Gasteiger partial charge in [0.15, 0.2) is 0 Å². The van der Waals surface area contributed by atoms with E-state index in [2.05, 4.69) is 0 Å². The van der Waals surface area contributed by atoms with Gasteiger partial charge in [-0.3, -0.25) is 0 Å². The molecule has 0 aromatic rings. The van der Waals surface area contributed by atoms with Crippen molar-refractivity contribution in [1.29, 1.82) is 0 Å². The molecule has 0 saturated heterocycles. The lowest BCUT2D eigenvalue weighted by atomic mass is 9.17. The van der Waals surface area contributed by atoms with Crippen molar-refractivity contribution in [2.24, 2.45) is 0 Å². The summed E-state index contributed by atoms with van der Waals surface area (Å²) in [5.74, 6) is -154. The third-order valence-electron chi connectivity index (χ3n) is 14.1. The Kier molecular flexibility index (Phi) is 23.0. The molecule has 97 heavy (non-hydrogen) atoms. The van der Waals surface area contributed by atoms with Crippen LogP contribution in [-0.4, -0.2) is 173 Å². The summed E-state index contributed by atoms with van der Waals surface area (Å²) in [6.45, 7) is 0. The second-order valence-electron chi connectivity index (χ2n) is 20.2. The molecule has 0 N–H and O–H groups in total. The fourth-order valence-corrected chi connectivity index (χ4v) is 8.08. The van der Waals surface area contributed by atoms with Crippen molar-refractivity contribution in [3.05, 3.63) is 0 Å². The Morgan fingerprint density at radius 1 is 0.124 bits per heavy atom. The van der Waals surface area contributed by atoms with E-state index in [-0.39, 0.29) is 0 Å². The van der Waals surface area contributed by atoms with Gasteiger partial charge in [-0.1, -0.05) is 0 Å². The van der Waals surface area contributed by atoms with E-state index >= 15 is 35.1 Å². The first-order chi connectivity index (χ1) is 40.8. The summed E-state index contributed by atoms with van der Waals surface area (Å²) in [5, 5.41) is 0. The number of hydrogen-bond donors (Lipinski definition) is 0. The Hall–Kier alpha value is -4.14. The minimum atomic E-state index is -9.96. The molecule has 0 bridgehead atoms. The SMILES string of the molecule is FC(F)(F)C(F)(C(F)(F)F)C(F)(F)C(F)(F)C(F)(F)C(F)(F)CC[B-](CCC(F)(F)C(F)(F)C(F)(F)C(F)(F)C(F)(C(F)(F)F)C(F)(F)F)(CCC(F)(F)C(F)(F)C(F)(F)C(F)(F)C(F)(C(F)(F)F)C(F)(F)F)CCC(F)(F)C(F)(F)C(F)(F)C(F)(F)C(F)(C(F)(F)F)C(F)(F)F. The Morgan fingerprint density at radius 2 is 0.216 bits per heavy atom. The smallest absolute Gasteiger partial charge is 0.216 e. The molecule has 0 radical (unpaired) electrons. The summed E-state index contributed by atoms with van der Waals surface area (Å²) >= 11 is 0. The first kappa shape index (κ1) is 92.9. The van der Waals surface area contributed by atoms with E-state index in [0.29, 0.717) is 0 Å². The molecule has 61 heteroatoms. The van der Waals surface area contributed by atoms with Gasteiger partial charge in [-0.25, -0.2) is 17.6 Å². The molecule has 584 valence electrons.